The molecule has 106 valence electrons. The van der Waals surface area contributed by atoms with Crippen LogP contribution < -0.4 is 4.90 Å². The molecule has 1 aromatic carbocycles. The number of rotatable bonds is 6. The van der Waals surface area contributed by atoms with Crippen LogP contribution in [0.5, 0.6) is 0 Å². The van der Waals surface area contributed by atoms with Crippen LogP contribution in [0.25, 0.3) is 0 Å². The minimum absolute atomic E-state index is 0.123. The first-order chi connectivity index (χ1) is 9.54. The molecule has 1 aromatic heterocycles. The molecule has 0 aliphatic heterocycles. The van der Waals surface area contributed by atoms with E-state index in [1.165, 1.54) is 5.56 Å². The second-order valence-electron chi connectivity index (χ2n) is 4.78. The van der Waals surface area contributed by atoms with E-state index in [0.29, 0.717) is 13.1 Å². The molecular formula is C15H18N2O2S. The number of carboxylic acid groups (broad SMARTS) is 1. The lowest BCUT2D eigenvalue weighted by molar-refractivity contribution is -0.136. The quantitative estimate of drug-likeness (QED) is 0.887. The SMILES string of the molecule is Cc1ccc(N(CCC(=O)O)Cc2nc(C)cs2)cc1. The second kappa shape index (κ2) is 6.52. The van der Waals surface area contributed by atoms with E-state index in [1.807, 2.05) is 43.5 Å². The minimum atomic E-state index is -0.780. The normalized spacial score (nSPS) is 10.5. The number of nitrogens with zero attached hydrogens (tertiary/aromatic N) is 2. The first-order valence-corrected chi connectivity index (χ1v) is 7.37. The van der Waals surface area contributed by atoms with Crippen LogP contribution in [0.4, 0.5) is 5.69 Å². The van der Waals surface area contributed by atoms with Crippen molar-refractivity contribution in [3.63, 3.8) is 0 Å². The molecule has 0 spiro atoms. The summed E-state index contributed by atoms with van der Waals surface area (Å²) in [6.07, 6.45) is 0.123. The summed E-state index contributed by atoms with van der Waals surface area (Å²) in [6, 6.07) is 8.13. The Hall–Kier alpha value is -1.88. The molecule has 20 heavy (non-hydrogen) atoms. The lowest BCUT2D eigenvalue weighted by Crippen LogP contribution is -2.25. The Labute approximate surface area is 122 Å². The van der Waals surface area contributed by atoms with Crippen LogP contribution in [0.3, 0.4) is 0 Å². The number of hydrogen-bond donors (Lipinski definition) is 1. The number of anilines is 1. The molecule has 0 saturated heterocycles. The smallest absolute Gasteiger partial charge is 0.305 e. The molecule has 0 saturated carbocycles. The molecule has 5 heteroatoms. The van der Waals surface area contributed by atoms with E-state index in [9.17, 15) is 4.79 Å². The van der Waals surface area contributed by atoms with E-state index in [0.717, 1.165) is 16.4 Å². The highest BCUT2D eigenvalue weighted by Gasteiger charge is 2.11. The van der Waals surface area contributed by atoms with Gasteiger partial charge in [0.25, 0.3) is 0 Å². The van der Waals surface area contributed by atoms with Gasteiger partial charge in [0.05, 0.1) is 13.0 Å². The topological polar surface area (TPSA) is 53.4 Å². The summed E-state index contributed by atoms with van der Waals surface area (Å²) in [7, 11) is 0. The summed E-state index contributed by atoms with van der Waals surface area (Å²) in [5.41, 5.74) is 3.23. The van der Waals surface area contributed by atoms with Crippen LogP contribution in [0, 0.1) is 13.8 Å². The number of thiazole rings is 1. The number of carboxylic acids is 1. The standard InChI is InChI=1S/C15H18N2O2S/c1-11-3-5-13(6-4-11)17(8-7-15(18)19)9-14-16-12(2)10-20-14/h3-6,10H,7-9H2,1-2H3,(H,18,19). The van der Waals surface area contributed by atoms with Gasteiger partial charge in [0.15, 0.2) is 0 Å². The third-order valence-corrected chi connectivity index (χ3v) is 3.94. The van der Waals surface area contributed by atoms with Gasteiger partial charge in [-0.2, -0.15) is 0 Å². The third-order valence-electron chi connectivity index (χ3n) is 2.99. The number of carbonyl (C=O) groups is 1. The molecule has 1 N–H and O–H groups in total. The molecule has 0 aliphatic carbocycles. The number of hydrogen-bond acceptors (Lipinski definition) is 4. The molecule has 4 nitrogen and oxygen atoms in total. The van der Waals surface area contributed by atoms with Crippen molar-refractivity contribution in [1.82, 2.24) is 4.98 Å². The second-order valence-corrected chi connectivity index (χ2v) is 5.73. The van der Waals surface area contributed by atoms with Crippen molar-refractivity contribution in [3.8, 4) is 0 Å². The highest BCUT2D eigenvalue weighted by Crippen LogP contribution is 2.20. The summed E-state index contributed by atoms with van der Waals surface area (Å²) < 4.78 is 0. The summed E-state index contributed by atoms with van der Waals surface area (Å²) in [6.45, 7) is 5.13. The predicted octanol–water partition coefficient (Wildman–Crippen LogP) is 3.24. The van der Waals surface area contributed by atoms with Gasteiger partial charge in [-0.15, -0.1) is 11.3 Å². The van der Waals surface area contributed by atoms with E-state index < -0.39 is 5.97 Å². The van der Waals surface area contributed by atoms with E-state index in [-0.39, 0.29) is 6.42 Å². The zero-order valence-corrected chi connectivity index (χ0v) is 12.5. The van der Waals surface area contributed by atoms with Gasteiger partial charge in [-0.1, -0.05) is 17.7 Å². The molecule has 0 unspecified atom stereocenters. The van der Waals surface area contributed by atoms with Crippen molar-refractivity contribution in [2.45, 2.75) is 26.8 Å². The van der Waals surface area contributed by atoms with Crippen molar-refractivity contribution in [3.05, 3.63) is 45.9 Å². The van der Waals surface area contributed by atoms with Crippen molar-refractivity contribution in [2.24, 2.45) is 0 Å². The fourth-order valence-corrected chi connectivity index (χ4v) is 2.71. The molecule has 1 heterocycles. The van der Waals surface area contributed by atoms with Gasteiger partial charge in [-0.05, 0) is 26.0 Å². The fraction of sp³-hybridized carbons (Fsp3) is 0.333. The van der Waals surface area contributed by atoms with Crippen LogP contribution in [0.15, 0.2) is 29.6 Å². The number of aromatic nitrogens is 1. The Morgan fingerprint density at radius 1 is 1.30 bits per heavy atom. The van der Waals surface area contributed by atoms with Gasteiger partial charge in [-0.25, -0.2) is 4.98 Å². The van der Waals surface area contributed by atoms with Gasteiger partial charge in [0.2, 0.25) is 0 Å². The largest absolute Gasteiger partial charge is 0.481 e. The number of aryl methyl sites for hydroxylation is 2. The fourth-order valence-electron chi connectivity index (χ4n) is 1.92. The molecule has 0 bridgehead atoms. The summed E-state index contributed by atoms with van der Waals surface area (Å²) >= 11 is 1.61. The summed E-state index contributed by atoms with van der Waals surface area (Å²) in [5, 5.41) is 11.9. The van der Waals surface area contributed by atoms with Crippen LogP contribution in [-0.4, -0.2) is 22.6 Å². The lowest BCUT2D eigenvalue weighted by atomic mass is 10.2. The number of benzene rings is 1. The molecule has 2 aromatic rings. The van der Waals surface area contributed by atoms with Crippen LogP contribution >= 0.6 is 11.3 Å². The lowest BCUT2D eigenvalue weighted by Gasteiger charge is -2.23. The zero-order valence-electron chi connectivity index (χ0n) is 11.7. The Bertz CT molecular complexity index is 578. The Morgan fingerprint density at radius 2 is 2.00 bits per heavy atom. The van der Waals surface area contributed by atoms with Gasteiger partial charge < -0.3 is 10.0 Å². The zero-order chi connectivity index (χ0) is 14.5. The van der Waals surface area contributed by atoms with E-state index in [2.05, 4.69) is 9.88 Å². The van der Waals surface area contributed by atoms with E-state index >= 15 is 0 Å². The van der Waals surface area contributed by atoms with Crippen molar-refractivity contribution < 1.29 is 9.90 Å². The third kappa shape index (κ3) is 4.06. The molecule has 2 rings (SSSR count). The molecule has 0 fully saturated rings. The van der Waals surface area contributed by atoms with Crippen LogP contribution in [0.1, 0.15) is 22.7 Å². The average Bonchev–Trinajstić information content (AvgIpc) is 2.81. The summed E-state index contributed by atoms with van der Waals surface area (Å²) in [5.74, 6) is -0.780. The van der Waals surface area contributed by atoms with Gasteiger partial charge in [0.1, 0.15) is 5.01 Å². The van der Waals surface area contributed by atoms with Gasteiger partial charge in [-0.3, -0.25) is 4.79 Å². The Morgan fingerprint density at radius 3 is 2.55 bits per heavy atom. The van der Waals surface area contributed by atoms with Crippen molar-refractivity contribution >= 4 is 23.0 Å². The van der Waals surface area contributed by atoms with E-state index in [4.69, 9.17) is 5.11 Å². The van der Waals surface area contributed by atoms with Gasteiger partial charge in [0, 0.05) is 23.3 Å². The maximum absolute atomic E-state index is 10.8. The van der Waals surface area contributed by atoms with Gasteiger partial charge >= 0.3 is 5.97 Å². The molecular weight excluding hydrogens is 272 g/mol. The van der Waals surface area contributed by atoms with Crippen molar-refractivity contribution in [2.75, 3.05) is 11.4 Å². The molecule has 0 aliphatic rings. The first-order valence-electron chi connectivity index (χ1n) is 6.49. The molecule has 0 amide bonds. The monoisotopic (exact) mass is 290 g/mol. The number of aliphatic carboxylic acids is 1. The summed E-state index contributed by atoms with van der Waals surface area (Å²) in [4.78, 5) is 17.3. The van der Waals surface area contributed by atoms with E-state index in [1.54, 1.807) is 11.3 Å². The molecule has 0 radical (unpaired) electrons. The predicted molar refractivity (Wildman–Crippen MR) is 81.3 cm³/mol. The average molecular weight is 290 g/mol. The minimum Gasteiger partial charge on any atom is -0.481 e. The maximum atomic E-state index is 10.8. The first kappa shape index (κ1) is 14.5. The van der Waals surface area contributed by atoms with Crippen LogP contribution in [0.2, 0.25) is 0 Å². The Balaban J connectivity index is 2.15. The Kier molecular flexibility index (Phi) is 4.74. The highest BCUT2D eigenvalue weighted by atomic mass is 32.1. The maximum Gasteiger partial charge on any atom is 0.305 e. The molecule has 0 atom stereocenters. The van der Waals surface area contributed by atoms with Crippen LogP contribution in [-0.2, 0) is 11.3 Å². The highest BCUT2D eigenvalue weighted by molar-refractivity contribution is 7.09. The van der Waals surface area contributed by atoms with Crippen molar-refractivity contribution in [1.29, 1.82) is 0 Å².